The first-order valence-corrected chi connectivity index (χ1v) is 6.30. The van der Waals surface area contributed by atoms with Gasteiger partial charge in [0.2, 0.25) is 0 Å². The topological polar surface area (TPSA) is 80.1 Å². The van der Waals surface area contributed by atoms with Crippen LogP contribution >= 0.6 is 11.8 Å². The first-order chi connectivity index (χ1) is 7.83. The third-order valence-electron chi connectivity index (χ3n) is 2.28. The van der Waals surface area contributed by atoms with Crippen molar-refractivity contribution in [2.75, 3.05) is 25.6 Å². The Morgan fingerprint density at radius 2 is 2.38 bits per heavy atom. The van der Waals surface area contributed by atoms with E-state index < -0.39 is 0 Å². The highest BCUT2D eigenvalue weighted by atomic mass is 32.2. The molecule has 6 nitrogen and oxygen atoms in total. The number of hydrogen-bond acceptors (Lipinski definition) is 5. The van der Waals surface area contributed by atoms with Crippen LogP contribution in [-0.4, -0.2) is 45.4 Å². The number of hydrogen-bond donors (Lipinski definition) is 2. The summed E-state index contributed by atoms with van der Waals surface area (Å²) in [6.45, 7) is 0.952. The van der Waals surface area contributed by atoms with E-state index in [0.717, 1.165) is 23.8 Å². The SMILES string of the molecule is O=c1[nH]nc(SCCOCCO)n1C1CC1. The van der Waals surface area contributed by atoms with E-state index in [1.54, 1.807) is 4.57 Å². The Hall–Kier alpha value is -0.790. The van der Waals surface area contributed by atoms with Gasteiger partial charge < -0.3 is 9.84 Å². The zero-order chi connectivity index (χ0) is 11.4. The number of H-pyrrole nitrogens is 1. The Bertz CT molecular complexity index is 386. The minimum Gasteiger partial charge on any atom is -0.394 e. The molecule has 0 unspecified atom stereocenters. The summed E-state index contributed by atoms with van der Waals surface area (Å²) in [5.74, 6) is 0.733. The fourth-order valence-electron chi connectivity index (χ4n) is 1.41. The molecule has 90 valence electrons. The minimum atomic E-state index is -0.124. The number of aromatic amines is 1. The van der Waals surface area contributed by atoms with Gasteiger partial charge in [-0.2, -0.15) is 0 Å². The molecule has 0 aliphatic heterocycles. The van der Waals surface area contributed by atoms with Crippen molar-refractivity contribution < 1.29 is 9.84 Å². The molecule has 0 bridgehead atoms. The van der Waals surface area contributed by atoms with Crippen LogP contribution in [0.5, 0.6) is 0 Å². The summed E-state index contributed by atoms with van der Waals surface area (Å²) in [5, 5.41) is 15.7. The zero-order valence-electron chi connectivity index (χ0n) is 8.89. The van der Waals surface area contributed by atoms with Gasteiger partial charge in [-0.15, -0.1) is 5.10 Å². The van der Waals surface area contributed by atoms with Gasteiger partial charge in [-0.05, 0) is 12.8 Å². The van der Waals surface area contributed by atoms with Gasteiger partial charge in [0.1, 0.15) is 0 Å². The molecule has 1 aromatic rings. The quantitative estimate of drug-likeness (QED) is 0.522. The highest BCUT2D eigenvalue weighted by Crippen LogP contribution is 2.35. The Morgan fingerprint density at radius 1 is 1.56 bits per heavy atom. The Balaban J connectivity index is 1.82. The van der Waals surface area contributed by atoms with Crippen LogP contribution < -0.4 is 5.69 Å². The summed E-state index contributed by atoms with van der Waals surface area (Å²) in [7, 11) is 0. The van der Waals surface area contributed by atoms with Crippen molar-refractivity contribution in [3.05, 3.63) is 10.5 Å². The van der Waals surface area contributed by atoms with E-state index in [0.29, 0.717) is 19.3 Å². The van der Waals surface area contributed by atoms with Crippen LogP contribution in [-0.2, 0) is 4.74 Å². The second kappa shape index (κ2) is 5.51. The number of nitrogens with one attached hydrogen (secondary N) is 1. The second-order valence-electron chi connectivity index (χ2n) is 3.60. The smallest absolute Gasteiger partial charge is 0.344 e. The Morgan fingerprint density at radius 3 is 3.06 bits per heavy atom. The van der Waals surface area contributed by atoms with E-state index in [4.69, 9.17) is 9.84 Å². The summed E-state index contributed by atoms with van der Waals surface area (Å²) in [6, 6.07) is 0.340. The van der Waals surface area contributed by atoms with Crippen molar-refractivity contribution in [1.82, 2.24) is 14.8 Å². The van der Waals surface area contributed by atoms with Crippen molar-refractivity contribution in [3.63, 3.8) is 0 Å². The molecular formula is C9H15N3O3S. The number of aliphatic hydroxyl groups is 1. The molecule has 0 saturated heterocycles. The molecule has 16 heavy (non-hydrogen) atoms. The lowest BCUT2D eigenvalue weighted by Gasteiger charge is -2.03. The van der Waals surface area contributed by atoms with E-state index in [2.05, 4.69) is 10.2 Å². The van der Waals surface area contributed by atoms with Crippen LogP contribution in [0.4, 0.5) is 0 Å². The Kier molecular flexibility index (Phi) is 4.03. The molecule has 0 spiro atoms. The second-order valence-corrected chi connectivity index (χ2v) is 4.66. The van der Waals surface area contributed by atoms with Gasteiger partial charge in [-0.25, -0.2) is 9.89 Å². The molecule has 0 aromatic carbocycles. The summed E-state index contributed by atoms with van der Waals surface area (Å²) in [5.41, 5.74) is -0.124. The summed E-state index contributed by atoms with van der Waals surface area (Å²) < 4.78 is 6.85. The summed E-state index contributed by atoms with van der Waals surface area (Å²) >= 11 is 1.50. The van der Waals surface area contributed by atoms with Crippen molar-refractivity contribution in [2.24, 2.45) is 0 Å². The average molecular weight is 245 g/mol. The summed E-state index contributed by atoms with van der Waals surface area (Å²) in [6.07, 6.45) is 2.13. The third-order valence-corrected chi connectivity index (χ3v) is 3.20. The summed E-state index contributed by atoms with van der Waals surface area (Å²) in [4.78, 5) is 11.4. The largest absolute Gasteiger partial charge is 0.394 e. The van der Waals surface area contributed by atoms with Crippen molar-refractivity contribution in [1.29, 1.82) is 0 Å². The molecule has 0 atom stereocenters. The number of nitrogens with zero attached hydrogens (tertiary/aromatic N) is 2. The van der Waals surface area contributed by atoms with Crippen LogP contribution in [0.15, 0.2) is 9.95 Å². The average Bonchev–Trinajstić information content (AvgIpc) is 3.04. The van der Waals surface area contributed by atoms with E-state index >= 15 is 0 Å². The van der Waals surface area contributed by atoms with Gasteiger partial charge in [0, 0.05) is 11.8 Å². The van der Waals surface area contributed by atoms with Gasteiger partial charge in [-0.1, -0.05) is 11.8 Å². The van der Waals surface area contributed by atoms with Crippen LogP contribution in [0.3, 0.4) is 0 Å². The predicted octanol–water partition coefficient (Wildman–Crippen LogP) is 0.00730. The third kappa shape index (κ3) is 2.87. The fourth-order valence-corrected chi connectivity index (χ4v) is 2.27. The maximum atomic E-state index is 11.4. The van der Waals surface area contributed by atoms with Gasteiger partial charge in [0.05, 0.1) is 19.8 Å². The lowest BCUT2D eigenvalue weighted by atomic mass is 10.7. The van der Waals surface area contributed by atoms with Crippen LogP contribution in [0, 0.1) is 0 Å². The number of aromatic nitrogens is 3. The fraction of sp³-hybridized carbons (Fsp3) is 0.778. The maximum Gasteiger partial charge on any atom is 0.344 e. The molecule has 1 heterocycles. The lowest BCUT2D eigenvalue weighted by molar-refractivity contribution is 0.103. The molecule has 1 aliphatic rings. The molecule has 0 amide bonds. The van der Waals surface area contributed by atoms with Crippen LogP contribution in [0.25, 0.3) is 0 Å². The van der Waals surface area contributed by atoms with Gasteiger partial charge in [0.15, 0.2) is 5.16 Å². The van der Waals surface area contributed by atoms with Crippen LogP contribution in [0.1, 0.15) is 18.9 Å². The minimum absolute atomic E-state index is 0.0415. The number of aliphatic hydroxyl groups excluding tert-OH is 1. The lowest BCUT2D eigenvalue weighted by Crippen LogP contribution is -2.16. The molecule has 2 N–H and O–H groups in total. The molecule has 1 aliphatic carbocycles. The monoisotopic (exact) mass is 245 g/mol. The molecule has 1 fully saturated rings. The maximum absolute atomic E-state index is 11.4. The molecular weight excluding hydrogens is 230 g/mol. The number of ether oxygens (including phenoxy) is 1. The Labute approximate surface area is 97.0 Å². The van der Waals surface area contributed by atoms with Crippen molar-refractivity contribution in [3.8, 4) is 0 Å². The van der Waals surface area contributed by atoms with Crippen LogP contribution in [0.2, 0.25) is 0 Å². The molecule has 0 radical (unpaired) electrons. The molecule has 1 aromatic heterocycles. The zero-order valence-corrected chi connectivity index (χ0v) is 9.70. The van der Waals surface area contributed by atoms with E-state index in [9.17, 15) is 4.79 Å². The van der Waals surface area contributed by atoms with Crippen molar-refractivity contribution >= 4 is 11.8 Å². The van der Waals surface area contributed by atoms with E-state index in [1.807, 2.05) is 0 Å². The van der Waals surface area contributed by atoms with Gasteiger partial charge in [0.25, 0.3) is 0 Å². The molecule has 7 heteroatoms. The molecule has 1 saturated carbocycles. The number of rotatable bonds is 7. The van der Waals surface area contributed by atoms with E-state index in [-0.39, 0.29) is 12.3 Å². The normalized spacial score (nSPS) is 15.6. The highest BCUT2D eigenvalue weighted by molar-refractivity contribution is 7.99. The van der Waals surface area contributed by atoms with Crippen molar-refractivity contribution in [2.45, 2.75) is 24.0 Å². The van der Waals surface area contributed by atoms with Gasteiger partial charge >= 0.3 is 5.69 Å². The highest BCUT2D eigenvalue weighted by Gasteiger charge is 2.28. The first kappa shape index (κ1) is 11.7. The first-order valence-electron chi connectivity index (χ1n) is 5.31. The predicted molar refractivity (Wildman–Crippen MR) is 59.7 cm³/mol. The molecule has 2 rings (SSSR count). The number of thioether (sulfide) groups is 1. The van der Waals surface area contributed by atoms with Gasteiger partial charge in [-0.3, -0.25) is 4.57 Å². The van der Waals surface area contributed by atoms with E-state index in [1.165, 1.54) is 11.8 Å². The standard InChI is InChI=1S/C9H15N3O3S/c13-3-4-15-5-6-16-9-11-10-8(14)12(9)7-1-2-7/h7,13H,1-6H2,(H,10,14).